The van der Waals surface area contributed by atoms with Crippen LogP contribution in [0.1, 0.15) is 20.3 Å². The Morgan fingerprint density at radius 2 is 2.20 bits per heavy atom. The van der Waals surface area contributed by atoms with Crippen molar-refractivity contribution in [1.29, 1.82) is 0 Å². The van der Waals surface area contributed by atoms with Gasteiger partial charge in [-0.1, -0.05) is 6.92 Å². The number of aromatic nitrogens is 2. The Kier molecular flexibility index (Phi) is 7.14. The number of aliphatic hydroxyl groups is 1. The average Bonchev–Trinajstić information content (AvgIpc) is 2.90. The molecule has 0 radical (unpaired) electrons. The van der Waals surface area contributed by atoms with Crippen LogP contribution in [0.4, 0.5) is 0 Å². The molecule has 1 rings (SSSR count). The first kappa shape index (κ1) is 17.1. The molecule has 0 fully saturated rings. The van der Waals surface area contributed by atoms with E-state index in [4.69, 9.17) is 9.84 Å². The van der Waals surface area contributed by atoms with E-state index in [1.165, 1.54) is 21.4 Å². The Balaban J connectivity index is 2.76. The first-order valence-electron chi connectivity index (χ1n) is 6.77. The van der Waals surface area contributed by atoms with Crippen molar-refractivity contribution in [3.63, 3.8) is 0 Å². The smallest absolute Gasteiger partial charge is 0.246 e. The predicted octanol–water partition coefficient (Wildman–Crippen LogP) is 0.313. The van der Waals surface area contributed by atoms with Crippen LogP contribution in [-0.4, -0.2) is 60.5 Å². The summed E-state index contributed by atoms with van der Waals surface area (Å²) in [4.78, 5) is 0.175. The van der Waals surface area contributed by atoms with Crippen LogP contribution in [0, 0.1) is 0 Å². The van der Waals surface area contributed by atoms with Crippen LogP contribution in [-0.2, 0) is 21.3 Å². The van der Waals surface area contributed by atoms with E-state index in [0.717, 1.165) is 0 Å². The van der Waals surface area contributed by atoms with Crippen molar-refractivity contribution in [2.45, 2.75) is 31.7 Å². The van der Waals surface area contributed by atoms with Gasteiger partial charge in [0, 0.05) is 39.0 Å². The van der Waals surface area contributed by atoms with E-state index in [2.05, 4.69) is 5.10 Å². The first-order chi connectivity index (χ1) is 9.56. The minimum Gasteiger partial charge on any atom is -0.396 e. The molecule has 0 bridgehead atoms. The molecule has 1 heterocycles. The van der Waals surface area contributed by atoms with Crippen molar-refractivity contribution in [2.75, 3.05) is 32.9 Å². The van der Waals surface area contributed by atoms with E-state index in [0.29, 0.717) is 39.3 Å². The number of ether oxygens (including phenoxy) is 1. The van der Waals surface area contributed by atoms with Gasteiger partial charge in [0.2, 0.25) is 10.0 Å². The Morgan fingerprint density at radius 1 is 1.45 bits per heavy atom. The maximum absolute atomic E-state index is 12.4. The summed E-state index contributed by atoms with van der Waals surface area (Å²) in [6.45, 7) is 5.87. The summed E-state index contributed by atoms with van der Waals surface area (Å²) in [5.74, 6) is 0. The third-order valence-corrected chi connectivity index (χ3v) is 4.76. The quantitative estimate of drug-likeness (QED) is 0.629. The third kappa shape index (κ3) is 4.55. The maximum atomic E-state index is 12.4. The van der Waals surface area contributed by atoms with E-state index >= 15 is 0 Å². The minimum absolute atomic E-state index is 0.0530. The molecule has 0 unspecified atom stereocenters. The van der Waals surface area contributed by atoms with Gasteiger partial charge >= 0.3 is 0 Å². The molecule has 0 amide bonds. The molecular weight excluding hydrogens is 282 g/mol. The summed E-state index contributed by atoms with van der Waals surface area (Å²) in [7, 11) is -3.53. The standard InChI is InChI=1S/C12H23N3O4S/c1-3-15(7-9-19-4-2)20(17,18)12-10-13-14(11-12)6-5-8-16/h10-11,16H,3-9H2,1-2H3. The van der Waals surface area contributed by atoms with Gasteiger partial charge in [-0.15, -0.1) is 0 Å². The highest BCUT2D eigenvalue weighted by atomic mass is 32.2. The number of rotatable bonds is 10. The fourth-order valence-electron chi connectivity index (χ4n) is 1.74. The molecule has 0 atom stereocenters. The van der Waals surface area contributed by atoms with Gasteiger partial charge < -0.3 is 9.84 Å². The molecule has 0 saturated heterocycles. The third-order valence-electron chi connectivity index (χ3n) is 2.83. The van der Waals surface area contributed by atoms with Gasteiger partial charge in [0.25, 0.3) is 0 Å². The zero-order valence-corrected chi connectivity index (χ0v) is 12.8. The van der Waals surface area contributed by atoms with Crippen molar-refractivity contribution >= 4 is 10.0 Å². The van der Waals surface area contributed by atoms with E-state index in [9.17, 15) is 8.42 Å². The summed E-state index contributed by atoms with van der Waals surface area (Å²) < 4.78 is 32.9. The second-order valence-corrected chi connectivity index (χ2v) is 6.15. The summed E-state index contributed by atoms with van der Waals surface area (Å²) in [6, 6.07) is 0. The largest absolute Gasteiger partial charge is 0.396 e. The SMILES string of the molecule is CCOCCN(CC)S(=O)(=O)c1cnn(CCCO)c1. The normalized spacial score (nSPS) is 12.2. The van der Waals surface area contributed by atoms with Gasteiger partial charge in [-0.25, -0.2) is 8.42 Å². The highest BCUT2D eigenvalue weighted by Crippen LogP contribution is 2.14. The second kappa shape index (κ2) is 8.35. The molecule has 0 aliphatic carbocycles. The van der Waals surface area contributed by atoms with E-state index in [1.54, 1.807) is 6.92 Å². The zero-order valence-electron chi connectivity index (χ0n) is 12.0. The number of likely N-dealkylation sites (N-methyl/N-ethyl adjacent to an activating group) is 1. The average molecular weight is 305 g/mol. The van der Waals surface area contributed by atoms with Crippen molar-refractivity contribution in [3.05, 3.63) is 12.4 Å². The fourth-order valence-corrected chi connectivity index (χ4v) is 3.13. The molecule has 0 aliphatic rings. The number of aliphatic hydroxyl groups excluding tert-OH is 1. The monoisotopic (exact) mass is 305 g/mol. The summed E-state index contributed by atoms with van der Waals surface area (Å²) in [5, 5.41) is 12.8. The van der Waals surface area contributed by atoms with E-state index < -0.39 is 10.0 Å². The van der Waals surface area contributed by atoms with Crippen LogP contribution in [0.5, 0.6) is 0 Å². The maximum Gasteiger partial charge on any atom is 0.246 e. The molecule has 0 spiro atoms. The highest BCUT2D eigenvalue weighted by molar-refractivity contribution is 7.89. The lowest BCUT2D eigenvalue weighted by molar-refractivity contribution is 0.135. The lowest BCUT2D eigenvalue weighted by atomic mass is 10.5. The van der Waals surface area contributed by atoms with Crippen molar-refractivity contribution < 1.29 is 18.3 Å². The van der Waals surface area contributed by atoms with Gasteiger partial charge in [0.1, 0.15) is 4.90 Å². The Bertz CT molecular complexity index is 487. The fraction of sp³-hybridized carbons (Fsp3) is 0.750. The number of nitrogens with zero attached hydrogens (tertiary/aromatic N) is 3. The zero-order chi connectivity index (χ0) is 15.0. The van der Waals surface area contributed by atoms with E-state index in [1.807, 2.05) is 6.92 Å². The number of hydrogen-bond acceptors (Lipinski definition) is 5. The minimum atomic E-state index is -3.53. The summed E-state index contributed by atoms with van der Waals surface area (Å²) in [5.41, 5.74) is 0. The summed E-state index contributed by atoms with van der Waals surface area (Å²) in [6.07, 6.45) is 3.38. The van der Waals surface area contributed by atoms with Gasteiger partial charge in [0.05, 0.1) is 12.8 Å². The van der Waals surface area contributed by atoms with Gasteiger partial charge in [-0.2, -0.15) is 9.40 Å². The van der Waals surface area contributed by atoms with Gasteiger partial charge in [0.15, 0.2) is 0 Å². The van der Waals surface area contributed by atoms with Gasteiger partial charge in [-0.05, 0) is 13.3 Å². The Labute approximate surface area is 120 Å². The molecule has 1 N–H and O–H groups in total. The van der Waals surface area contributed by atoms with Crippen LogP contribution >= 0.6 is 0 Å². The number of sulfonamides is 1. The summed E-state index contributed by atoms with van der Waals surface area (Å²) >= 11 is 0. The molecule has 8 heteroatoms. The van der Waals surface area contributed by atoms with Crippen molar-refractivity contribution in [2.24, 2.45) is 0 Å². The number of hydrogen-bond donors (Lipinski definition) is 1. The molecule has 7 nitrogen and oxygen atoms in total. The molecular formula is C12H23N3O4S. The van der Waals surface area contributed by atoms with Crippen LogP contribution < -0.4 is 0 Å². The lowest BCUT2D eigenvalue weighted by Gasteiger charge is -2.19. The van der Waals surface area contributed by atoms with Crippen molar-refractivity contribution in [3.8, 4) is 0 Å². The Morgan fingerprint density at radius 3 is 2.80 bits per heavy atom. The second-order valence-electron chi connectivity index (χ2n) is 4.21. The predicted molar refractivity (Wildman–Crippen MR) is 74.9 cm³/mol. The van der Waals surface area contributed by atoms with Crippen molar-refractivity contribution in [1.82, 2.24) is 14.1 Å². The Hall–Kier alpha value is -0.960. The van der Waals surface area contributed by atoms with Crippen LogP contribution in [0.25, 0.3) is 0 Å². The van der Waals surface area contributed by atoms with Crippen LogP contribution in [0.15, 0.2) is 17.3 Å². The topological polar surface area (TPSA) is 84.7 Å². The molecule has 0 aromatic carbocycles. The molecule has 20 heavy (non-hydrogen) atoms. The molecule has 116 valence electrons. The lowest BCUT2D eigenvalue weighted by Crippen LogP contribution is -2.33. The number of aryl methyl sites for hydroxylation is 1. The molecule has 1 aromatic rings. The molecule has 1 aromatic heterocycles. The molecule has 0 saturated carbocycles. The highest BCUT2D eigenvalue weighted by Gasteiger charge is 2.24. The van der Waals surface area contributed by atoms with E-state index in [-0.39, 0.29) is 11.5 Å². The van der Waals surface area contributed by atoms with Crippen LogP contribution in [0.2, 0.25) is 0 Å². The van der Waals surface area contributed by atoms with Crippen LogP contribution in [0.3, 0.4) is 0 Å². The first-order valence-corrected chi connectivity index (χ1v) is 8.21. The molecule has 0 aliphatic heterocycles. The van der Waals surface area contributed by atoms with Gasteiger partial charge in [-0.3, -0.25) is 4.68 Å².